The maximum atomic E-state index is 12.8. The van der Waals surface area contributed by atoms with E-state index < -0.39 is 10.0 Å². The lowest BCUT2D eigenvalue weighted by atomic mass is 10.1. The van der Waals surface area contributed by atoms with Crippen molar-refractivity contribution < 1.29 is 17.9 Å². The van der Waals surface area contributed by atoms with Crippen molar-refractivity contribution in [2.75, 3.05) is 23.3 Å². The largest absolute Gasteiger partial charge is 0.495 e. The number of nitrogens with zero attached hydrogens (tertiary/aromatic N) is 1. The molecule has 0 aromatic heterocycles. The van der Waals surface area contributed by atoms with E-state index in [1.165, 1.54) is 7.11 Å². The first-order valence-electron chi connectivity index (χ1n) is 8.90. The molecule has 0 aliphatic carbocycles. The van der Waals surface area contributed by atoms with Gasteiger partial charge in [-0.05, 0) is 68.1 Å². The van der Waals surface area contributed by atoms with E-state index in [1.54, 1.807) is 41.3 Å². The van der Waals surface area contributed by atoms with E-state index in [4.69, 9.17) is 4.74 Å². The predicted molar refractivity (Wildman–Crippen MR) is 106 cm³/mol. The van der Waals surface area contributed by atoms with Crippen LogP contribution < -0.4 is 14.4 Å². The SMILES string of the molecule is COc1ccc(C)cc1S(=O)(=O)Nc1ccc(N2CCCCC2=O)c(C)c1. The van der Waals surface area contributed by atoms with Crippen LogP contribution in [0, 0.1) is 13.8 Å². The van der Waals surface area contributed by atoms with Crippen molar-refractivity contribution in [3.05, 3.63) is 47.5 Å². The molecule has 0 atom stereocenters. The van der Waals surface area contributed by atoms with Crippen molar-refractivity contribution in [3.8, 4) is 5.75 Å². The first-order valence-corrected chi connectivity index (χ1v) is 10.4. The second-order valence-corrected chi connectivity index (χ2v) is 8.41. The van der Waals surface area contributed by atoms with Gasteiger partial charge >= 0.3 is 0 Å². The van der Waals surface area contributed by atoms with Crippen LogP contribution in [0.2, 0.25) is 0 Å². The number of methoxy groups -OCH3 is 1. The summed E-state index contributed by atoms with van der Waals surface area (Å²) in [5, 5.41) is 0. The highest BCUT2D eigenvalue weighted by molar-refractivity contribution is 7.92. The number of rotatable bonds is 5. The molecule has 0 bridgehead atoms. The smallest absolute Gasteiger partial charge is 0.265 e. The Morgan fingerprint density at radius 3 is 2.52 bits per heavy atom. The number of amides is 1. The number of nitrogens with one attached hydrogen (secondary N) is 1. The lowest BCUT2D eigenvalue weighted by molar-refractivity contribution is -0.119. The third-order valence-corrected chi connectivity index (χ3v) is 6.07. The van der Waals surface area contributed by atoms with Crippen molar-refractivity contribution >= 4 is 27.3 Å². The average molecular weight is 388 g/mol. The Bertz CT molecular complexity index is 970. The van der Waals surface area contributed by atoms with E-state index in [-0.39, 0.29) is 10.8 Å². The highest BCUT2D eigenvalue weighted by Gasteiger charge is 2.23. The molecule has 1 aliphatic heterocycles. The van der Waals surface area contributed by atoms with Crippen molar-refractivity contribution in [1.29, 1.82) is 0 Å². The summed E-state index contributed by atoms with van der Waals surface area (Å²) in [5.41, 5.74) is 2.95. The van der Waals surface area contributed by atoms with Crippen LogP contribution in [0.15, 0.2) is 41.3 Å². The van der Waals surface area contributed by atoms with Crippen molar-refractivity contribution in [2.45, 2.75) is 38.0 Å². The molecule has 2 aromatic rings. The Kier molecular flexibility index (Phi) is 5.41. The summed E-state index contributed by atoms with van der Waals surface area (Å²) < 4.78 is 33.5. The number of carbonyl (C=O) groups excluding carboxylic acids is 1. The van der Waals surface area contributed by atoms with Gasteiger partial charge in [0.15, 0.2) is 0 Å². The molecular weight excluding hydrogens is 364 g/mol. The van der Waals surface area contributed by atoms with Gasteiger partial charge in [-0.2, -0.15) is 0 Å². The molecule has 6 nitrogen and oxygen atoms in total. The van der Waals surface area contributed by atoms with Gasteiger partial charge in [0.2, 0.25) is 5.91 Å². The standard InChI is InChI=1S/C20H24N2O4S/c1-14-7-10-18(26-3)19(12-14)27(24,25)21-16-8-9-17(15(2)13-16)22-11-5-4-6-20(22)23/h7-10,12-13,21H,4-6,11H2,1-3H3. The molecule has 144 valence electrons. The zero-order chi connectivity index (χ0) is 19.6. The Balaban J connectivity index is 1.89. The first-order chi connectivity index (χ1) is 12.8. The van der Waals surface area contributed by atoms with Gasteiger partial charge in [0, 0.05) is 24.3 Å². The molecule has 27 heavy (non-hydrogen) atoms. The minimum Gasteiger partial charge on any atom is -0.495 e. The van der Waals surface area contributed by atoms with Crippen LogP contribution in [0.25, 0.3) is 0 Å². The summed E-state index contributed by atoms with van der Waals surface area (Å²) in [6.45, 7) is 4.40. The zero-order valence-corrected chi connectivity index (χ0v) is 16.6. The minimum atomic E-state index is -3.80. The number of ether oxygens (including phenoxy) is 1. The van der Waals surface area contributed by atoms with Gasteiger partial charge in [0.25, 0.3) is 10.0 Å². The maximum Gasteiger partial charge on any atom is 0.265 e. The molecule has 0 saturated carbocycles. The van der Waals surface area contributed by atoms with E-state index in [2.05, 4.69) is 4.72 Å². The summed E-state index contributed by atoms with van der Waals surface area (Å²) in [6.07, 6.45) is 2.46. The summed E-state index contributed by atoms with van der Waals surface area (Å²) in [7, 11) is -2.36. The van der Waals surface area contributed by atoms with Gasteiger partial charge in [-0.25, -0.2) is 8.42 Å². The van der Waals surface area contributed by atoms with Crippen LogP contribution in [0.4, 0.5) is 11.4 Å². The normalized spacial score (nSPS) is 14.9. The molecule has 1 aliphatic rings. The summed E-state index contributed by atoms with van der Waals surface area (Å²) in [4.78, 5) is 14.0. The molecule has 3 rings (SSSR count). The highest BCUT2D eigenvalue weighted by Crippen LogP contribution is 2.30. The molecule has 1 fully saturated rings. The van der Waals surface area contributed by atoms with Crippen LogP contribution in [0.5, 0.6) is 5.75 Å². The van der Waals surface area contributed by atoms with Crippen LogP contribution in [0.1, 0.15) is 30.4 Å². The fourth-order valence-electron chi connectivity index (χ4n) is 3.29. The first kappa shape index (κ1) is 19.2. The van der Waals surface area contributed by atoms with E-state index >= 15 is 0 Å². The number of hydrogen-bond acceptors (Lipinski definition) is 4. The van der Waals surface area contributed by atoms with Crippen molar-refractivity contribution in [2.24, 2.45) is 0 Å². The molecule has 1 N–H and O–H groups in total. The van der Waals surface area contributed by atoms with E-state index in [1.807, 2.05) is 13.8 Å². The Morgan fingerprint density at radius 1 is 1.07 bits per heavy atom. The summed E-state index contributed by atoms with van der Waals surface area (Å²) in [6, 6.07) is 10.2. The molecule has 2 aromatic carbocycles. The van der Waals surface area contributed by atoms with Crippen molar-refractivity contribution in [3.63, 3.8) is 0 Å². The minimum absolute atomic E-state index is 0.0953. The van der Waals surface area contributed by atoms with Gasteiger partial charge in [-0.1, -0.05) is 6.07 Å². The van der Waals surface area contributed by atoms with Gasteiger partial charge < -0.3 is 9.64 Å². The topological polar surface area (TPSA) is 75.7 Å². The molecule has 0 radical (unpaired) electrons. The molecule has 1 saturated heterocycles. The molecule has 1 heterocycles. The number of hydrogen-bond donors (Lipinski definition) is 1. The van der Waals surface area contributed by atoms with Gasteiger partial charge in [0.05, 0.1) is 7.11 Å². The number of sulfonamides is 1. The lowest BCUT2D eigenvalue weighted by Crippen LogP contribution is -2.35. The van der Waals surface area contributed by atoms with E-state index in [0.29, 0.717) is 24.4 Å². The predicted octanol–water partition coefficient (Wildman–Crippen LogP) is 3.63. The van der Waals surface area contributed by atoms with Crippen LogP contribution in [0.3, 0.4) is 0 Å². The Labute approximate surface area is 160 Å². The van der Waals surface area contributed by atoms with Gasteiger partial charge in [-0.15, -0.1) is 0 Å². The Morgan fingerprint density at radius 2 is 1.85 bits per heavy atom. The number of aryl methyl sites for hydroxylation is 2. The lowest BCUT2D eigenvalue weighted by Gasteiger charge is -2.28. The second kappa shape index (κ2) is 7.60. The summed E-state index contributed by atoms with van der Waals surface area (Å²) >= 11 is 0. The van der Waals surface area contributed by atoms with Crippen LogP contribution >= 0.6 is 0 Å². The summed E-state index contributed by atoms with van der Waals surface area (Å²) in [5.74, 6) is 0.405. The Hall–Kier alpha value is -2.54. The molecule has 0 unspecified atom stereocenters. The number of benzene rings is 2. The fraction of sp³-hybridized carbons (Fsp3) is 0.350. The van der Waals surface area contributed by atoms with E-state index in [0.717, 1.165) is 29.7 Å². The molecule has 0 spiro atoms. The monoisotopic (exact) mass is 388 g/mol. The molecule has 1 amide bonds. The average Bonchev–Trinajstić information content (AvgIpc) is 2.62. The van der Waals surface area contributed by atoms with Gasteiger partial charge in [-0.3, -0.25) is 9.52 Å². The fourth-order valence-corrected chi connectivity index (χ4v) is 4.59. The highest BCUT2D eigenvalue weighted by atomic mass is 32.2. The van der Waals surface area contributed by atoms with Gasteiger partial charge in [0.1, 0.15) is 10.6 Å². The molecule has 7 heteroatoms. The number of piperidine rings is 1. The third kappa shape index (κ3) is 4.08. The number of anilines is 2. The maximum absolute atomic E-state index is 12.8. The molecular formula is C20H24N2O4S. The third-order valence-electron chi connectivity index (χ3n) is 4.67. The zero-order valence-electron chi connectivity index (χ0n) is 15.8. The van der Waals surface area contributed by atoms with E-state index in [9.17, 15) is 13.2 Å². The van der Waals surface area contributed by atoms with Crippen molar-refractivity contribution in [1.82, 2.24) is 0 Å². The van der Waals surface area contributed by atoms with Crippen LogP contribution in [-0.4, -0.2) is 28.0 Å². The van der Waals surface area contributed by atoms with Crippen LogP contribution in [-0.2, 0) is 14.8 Å². The quantitative estimate of drug-likeness (QED) is 0.849. The number of carbonyl (C=O) groups is 1. The second-order valence-electron chi connectivity index (χ2n) is 6.76.